The van der Waals surface area contributed by atoms with Crippen LogP contribution in [0.3, 0.4) is 0 Å². The van der Waals surface area contributed by atoms with Crippen LogP contribution < -0.4 is 10.6 Å². The lowest BCUT2D eigenvalue weighted by Gasteiger charge is -2.15. The average Bonchev–Trinajstić information content (AvgIpc) is 2.37. The predicted molar refractivity (Wildman–Crippen MR) is 77.6 cm³/mol. The quantitative estimate of drug-likeness (QED) is 0.756. The second-order valence-corrected chi connectivity index (χ2v) is 4.85. The maximum atomic E-state index is 11.6. The van der Waals surface area contributed by atoms with Crippen molar-refractivity contribution in [3.8, 4) is 0 Å². The maximum Gasteiger partial charge on any atom is 0.315 e. The molecule has 1 aromatic rings. The van der Waals surface area contributed by atoms with Gasteiger partial charge in [-0.15, -0.1) is 0 Å². The van der Waals surface area contributed by atoms with Gasteiger partial charge in [0, 0.05) is 31.3 Å². The topological polar surface area (TPSA) is 50.4 Å². The Morgan fingerprint density at radius 2 is 2.16 bits per heavy atom. The summed E-state index contributed by atoms with van der Waals surface area (Å²) in [5, 5.41) is 6.40. The van der Waals surface area contributed by atoms with Crippen LogP contribution in [-0.2, 0) is 11.2 Å². The Kier molecular flexibility index (Phi) is 7.30. The third kappa shape index (κ3) is 6.45. The summed E-state index contributed by atoms with van der Waals surface area (Å²) in [6.45, 7) is 3.21. The summed E-state index contributed by atoms with van der Waals surface area (Å²) < 4.78 is 4.91. The third-order valence-corrected chi connectivity index (χ3v) is 3.04. The smallest absolute Gasteiger partial charge is 0.315 e. The van der Waals surface area contributed by atoms with Gasteiger partial charge in [-0.05, 0) is 31.4 Å². The van der Waals surface area contributed by atoms with Gasteiger partial charge in [-0.1, -0.05) is 29.8 Å². The van der Waals surface area contributed by atoms with Gasteiger partial charge in [0.05, 0.1) is 0 Å². The molecule has 0 aromatic heterocycles. The van der Waals surface area contributed by atoms with E-state index in [2.05, 4.69) is 10.6 Å². The molecule has 2 N–H and O–H groups in total. The lowest BCUT2D eigenvalue weighted by atomic mass is 10.1. The normalized spacial score (nSPS) is 11.9. The molecule has 4 nitrogen and oxygen atoms in total. The summed E-state index contributed by atoms with van der Waals surface area (Å²) in [7, 11) is 1.64. The highest BCUT2D eigenvalue weighted by Crippen LogP contribution is 2.16. The number of rotatable bonds is 7. The summed E-state index contributed by atoms with van der Waals surface area (Å²) in [5.41, 5.74) is 1.04. The van der Waals surface area contributed by atoms with E-state index in [9.17, 15) is 4.79 Å². The number of amides is 2. The minimum absolute atomic E-state index is 0.0299. The van der Waals surface area contributed by atoms with Crippen molar-refractivity contribution in [2.24, 2.45) is 0 Å². The zero-order chi connectivity index (χ0) is 14.1. The van der Waals surface area contributed by atoms with Crippen LogP contribution in [0, 0.1) is 0 Å². The van der Waals surface area contributed by atoms with Crippen molar-refractivity contribution in [3.05, 3.63) is 34.9 Å². The number of benzene rings is 1. The molecule has 0 aliphatic rings. The van der Waals surface area contributed by atoms with Crippen LogP contribution in [0.15, 0.2) is 24.3 Å². The van der Waals surface area contributed by atoms with Gasteiger partial charge in [-0.25, -0.2) is 4.79 Å². The zero-order valence-corrected chi connectivity index (χ0v) is 12.2. The highest BCUT2D eigenvalue weighted by molar-refractivity contribution is 6.31. The second-order valence-electron chi connectivity index (χ2n) is 4.44. The molecule has 0 heterocycles. The minimum atomic E-state index is -0.157. The van der Waals surface area contributed by atoms with Crippen LogP contribution in [0.2, 0.25) is 5.02 Å². The molecule has 0 aliphatic heterocycles. The van der Waals surface area contributed by atoms with E-state index in [-0.39, 0.29) is 12.1 Å². The molecule has 1 rings (SSSR count). The van der Waals surface area contributed by atoms with Gasteiger partial charge in [0.15, 0.2) is 0 Å². The molecule has 5 heteroatoms. The van der Waals surface area contributed by atoms with E-state index >= 15 is 0 Å². The van der Waals surface area contributed by atoms with E-state index in [4.69, 9.17) is 16.3 Å². The summed E-state index contributed by atoms with van der Waals surface area (Å²) >= 11 is 6.08. The number of hydrogen-bond donors (Lipinski definition) is 2. The maximum absolute atomic E-state index is 11.6. The lowest BCUT2D eigenvalue weighted by Crippen LogP contribution is -2.42. The molecule has 0 spiro atoms. The van der Waals surface area contributed by atoms with Gasteiger partial charge >= 0.3 is 6.03 Å². The number of urea groups is 1. The van der Waals surface area contributed by atoms with Crippen molar-refractivity contribution < 1.29 is 9.53 Å². The largest absolute Gasteiger partial charge is 0.385 e. The van der Waals surface area contributed by atoms with Crippen LogP contribution >= 0.6 is 11.6 Å². The molecule has 0 saturated heterocycles. The van der Waals surface area contributed by atoms with Gasteiger partial charge in [-0.2, -0.15) is 0 Å². The summed E-state index contributed by atoms with van der Waals surface area (Å²) in [6.07, 6.45) is 1.52. The first kappa shape index (κ1) is 15.8. The Bertz CT molecular complexity index is 399. The molecule has 0 bridgehead atoms. The van der Waals surface area contributed by atoms with E-state index in [0.717, 1.165) is 17.0 Å². The summed E-state index contributed by atoms with van der Waals surface area (Å²) in [5.74, 6) is 0. The van der Waals surface area contributed by atoms with Crippen LogP contribution in [0.1, 0.15) is 18.9 Å². The first-order valence-electron chi connectivity index (χ1n) is 6.40. The molecule has 1 unspecified atom stereocenters. The molecule has 0 saturated carbocycles. The van der Waals surface area contributed by atoms with Gasteiger partial charge < -0.3 is 15.4 Å². The fourth-order valence-corrected chi connectivity index (χ4v) is 1.95. The SMILES string of the molecule is COCCCNC(=O)NC(C)Cc1ccccc1Cl. The Hall–Kier alpha value is -1.26. The van der Waals surface area contributed by atoms with Crippen molar-refractivity contribution in [2.45, 2.75) is 25.8 Å². The van der Waals surface area contributed by atoms with E-state index in [1.807, 2.05) is 31.2 Å². The van der Waals surface area contributed by atoms with Crippen molar-refractivity contribution in [1.82, 2.24) is 10.6 Å². The van der Waals surface area contributed by atoms with Crippen LogP contribution in [0.5, 0.6) is 0 Å². The Balaban J connectivity index is 2.29. The molecule has 19 heavy (non-hydrogen) atoms. The molecule has 0 aliphatic carbocycles. The molecular formula is C14H21ClN2O2. The van der Waals surface area contributed by atoms with E-state index < -0.39 is 0 Å². The van der Waals surface area contributed by atoms with E-state index in [1.54, 1.807) is 7.11 Å². The van der Waals surface area contributed by atoms with E-state index in [1.165, 1.54) is 0 Å². The van der Waals surface area contributed by atoms with Crippen molar-refractivity contribution in [3.63, 3.8) is 0 Å². The molecule has 1 atom stereocenters. The summed E-state index contributed by atoms with van der Waals surface area (Å²) in [4.78, 5) is 11.6. The minimum Gasteiger partial charge on any atom is -0.385 e. The molecule has 106 valence electrons. The Morgan fingerprint density at radius 1 is 1.42 bits per heavy atom. The number of methoxy groups -OCH3 is 1. The van der Waals surface area contributed by atoms with Gasteiger partial charge in [0.25, 0.3) is 0 Å². The first-order valence-corrected chi connectivity index (χ1v) is 6.78. The van der Waals surface area contributed by atoms with Gasteiger partial charge in [0.2, 0.25) is 0 Å². The number of halogens is 1. The molecule has 1 aromatic carbocycles. The van der Waals surface area contributed by atoms with E-state index in [0.29, 0.717) is 19.6 Å². The number of nitrogens with one attached hydrogen (secondary N) is 2. The fourth-order valence-electron chi connectivity index (χ4n) is 1.74. The number of carbonyl (C=O) groups is 1. The van der Waals surface area contributed by atoms with Crippen molar-refractivity contribution in [1.29, 1.82) is 0 Å². The van der Waals surface area contributed by atoms with Crippen LogP contribution in [-0.4, -0.2) is 32.3 Å². The van der Waals surface area contributed by atoms with Crippen molar-refractivity contribution in [2.75, 3.05) is 20.3 Å². The fraction of sp³-hybridized carbons (Fsp3) is 0.500. The molecule has 0 radical (unpaired) electrons. The molecule has 2 amide bonds. The van der Waals surface area contributed by atoms with Crippen LogP contribution in [0.25, 0.3) is 0 Å². The highest BCUT2D eigenvalue weighted by atomic mass is 35.5. The second kappa shape index (κ2) is 8.77. The Labute approximate surface area is 119 Å². The van der Waals surface area contributed by atoms with Gasteiger partial charge in [0.1, 0.15) is 0 Å². The van der Waals surface area contributed by atoms with Crippen LogP contribution in [0.4, 0.5) is 4.79 Å². The number of carbonyl (C=O) groups excluding carboxylic acids is 1. The third-order valence-electron chi connectivity index (χ3n) is 2.67. The van der Waals surface area contributed by atoms with Gasteiger partial charge in [-0.3, -0.25) is 0 Å². The molecular weight excluding hydrogens is 264 g/mol. The number of hydrogen-bond acceptors (Lipinski definition) is 2. The Morgan fingerprint density at radius 3 is 2.84 bits per heavy atom. The molecule has 0 fully saturated rings. The lowest BCUT2D eigenvalue weighted by molar-refractivity contribution is 0.193. The average molecular weight is 285 g/mol. The predicted octanol–water partition coefficient (Wildman–Crippen LogP) is 2.61. The monoisotopic (exact) mass is 284 g/mol. The van der Waals surface area contributed by atoms with Crippen molar-refractivity contribution >= 4 is 17.6 Å². The number of ether oxygens (including phenoxy) is 1. The highest BCUT2D eigenvalue weighted by Gasteiger charge is 2.09. The first-order chi connectivity index (χ1) is 9.13. The summed E-state index contributed by atoms with van der Waals surface area (Å²) in [6, 6.07) is 7.54. The standard InChI is InChI=1S/C14H21ClN2O2/c1-11(10-12-6-3-4-7-13(12)15)17-14(18)16-8-5-9-19-2/h3-4,6-7,11H,5,8-10H2,1-2H3,(H2,16,17,18). The zero-order valence-electron chi connectivity index (χ0n) is 11.4.